The van der Waals surface area contributed by atoms with Gasteiger partial charge in [0.25, 0.3) is 0 Å². The molecule has 1 saturated heterocycles. The molecule has 2 aliphatic heterocycles. The highest BCUT2D eigenvalue weighted by molar-refractivity contribution is 5.44. The van der Waals surface area contributed by atoms with Gasteiger partial charge in [0.05, 0.1) is 12.1 Å². The van der Waals surface area contributed by atoms with Gasteiger partial charge in [-0.2, -0.15) is 0 Å². The zero-order valence-corrected chi connectivity index (χ0v) is 17.7. The summed E-state index contributed by atoms with van der Waals surface area (Å²) in [5, 5.41) is 2.45. The van der Waals surface area contributed by atoms with E-state index in [-0.39, 0.29) is 5.60 Å². The van der Waals surface area contributed by atoms with E-state index in [4.69, 9.17) is 14.2 Å². The van der Waals surface area contributed by atoms with Crippen LogP contribution in [0.25, 0.3) is 0 Å². The van der Waals surface area contributed by atoms with Crippen LogP contribution in [0, 0.1) is 11.3 Å². The van der Waals surface area contributed by atoms with Crippen molar-refractivity contribution in [3.05, 3.63) is 23.8 Å². The molecule has 4 nitrogen and oxygen atoms in total. The first-order valence-electron chi connectivity index (χ1n) is 10.8. The largest absolute Gasteiger partial charge is 0.454 e. The average Bonchev–Trinajstić information content (AvgIpc) is 3.12. The molecule has 2 heterocycles. The van der Waals surface area contributed by atoms with Gasteiger partial charge in [-0.25, -0.2) is 0 Å². The van der Waals surface area contributed by atoms with Crippen LogP contribution in [0.4, 0.5) is 0 Å². The van der Waals surface area contributed by atoms with Gasteiger partial charge in [0, 0.05) is 18.6 Å². The number of ether oxygens (including phenoxy) is 3. The maximum atomic E-state index is 6.16. The molecular formula is C23H38NO3+. The zero-order chi connectivity index (χ0) is 19.3. The van der Waals surface area contributed by atoms with Gasteiger partial charge < -0.3 is 19.5 Å². The Morgan fingerprint density at radius 3 is 2.74 bits per heavy atom. The molecule has 0 saturated carbocycles. The van der Waals surface area contributed by atoms with E-state index in [1.54, 1.807) is 0 Å². The van der Waals surface area contributed by atoms with E-state index in [9.17, 15) is 0 Å². The Labute approximate surface area is 165 Å². The lowest BCUT2D eigenvalue weighted by Gasteiger charge is -2.46. The highest BCUT2D eigenvalue weighted by atomic mass is 16.7. The summed E-state index contributed by atoms with van der Waals surface area (Å²) in [6, 6.07) is 6.30. The summed E-state index contributed by atoms with van der Waals surface area (Å²) in [5.41, 5.74) is 1.81. The third-order valence-electron chi connectivity index (χ3n) is 6.53. The SMILES string of the molecule is CC[C@@]1(C)C[C@@](CC[NH2+]Cc2ccc3c(c2)OCO3)(CCC(C)C)CCO1. The quantitative estimate of drug-likeness (QED) is 0.655. The normalized spacial score (nSPS) is 27.3. The Hall–Kier alpha value is -1.26. The van der Waals surface area contributed by atoms with Crippen molar-refractivity contribution in [2.75, 3.05) is 19.9 Å². The van der Waals surface area contributed by atoms with Gasteiger partial charge in [-0.3, -0.25) is 0 Å². The molecule has 1 aromatic carbocycles. The van der Waals surface area contributed by atoms with Crippen LogP contribution in [0.1, 0.15) is 71.8 Å². The van der Waals surface area contributed by atoms with Gasteiger partial charge in [-0.1, -0.05) is 27.2 Å². The van der Waals surface area contributed by atoms with Crippen molar-refractivity contribution < 1.29 is 19.5 Å². The Morgan fingerprint density at radius 1 is 1.15 bits per heavy atom. The molecule has 0 spiro atoms. The maximum absolute atomic E-state index is 6.16. The smallest absolute Gasteiger partial charge is 0.231 e. The second-order valence-corrected chi connectivity index (χ2v) is 9.23. The fraction of sp³-hybridized carbons (Fsp3) is 0.739. The summed E-state index contributed by atoms with van der Waals surface area (Å²) in [4.78, 5) is 0. The Balaban J connectivity index is 1.54. The number of quaternary nitrogens is 1. The van der Waals surface area contributed by atoms with Crippen LogP contribution < -0.4 is 14.8 Å². The second kappa shape index (κ2) is 8.83. The molecule has 27 heavy (non-hydrogen) atoms. The van der Waals surface area contributed by atoms with E-state index in [0.717, 1.165) is 37.0 Å². The molecule has 3 rings (SSSR count). The average molecular weight is 377 g/mol. The third kappa shape index (κ3) is 5.39. The minimum absolute atomic E-state index is 0.0621. The van der Waals surface area contributed by atoms with Gasteiger partial charge in [0.1, 0.15) is 6.54 Å². The van der Waals surface area contributed by atoms with Crippen LogP contribution >= 0.6 is 0 Å². The van der Waals surface area contributed by atoms with E-state index < -0.39 is 0 Å². The lowest BCUT2D eigenvalue weighted by atomic mass is 9.67. The summed E-state index contributed by atoms with van der Waals surface area (Å²) in [6.45, 7) is 12.7. The van der Waals surface area contributed by atoms with E-state index in [1.807, 2.05) is 6.07 Å². The third-order valence-corrected chi connectivity index (χ3v) is 6.53. The predicted molar refractivity (Wildman–Crippen MR) is 108 cm³/mol. The van der Waals surface area contributed by atoms with E-state index in [2.05, 4.69) is 45.1 Å². The first-order valence-corrected chi connectivity index (χ1v) is 10.8. The van der Waals surface area contributed by atoms with Crippen LogP contribution in [-0.2, 0) is 11.3 Å². The van der Waals surface area contributed by atoms with Crippen molar-refractivity contribution in [3.63, 3.8) is 0 Å². The molecular weight excluding hydrogens is 338 g/mol. The lowest BCUT2D eigenvalue weighted by molar-refractivity contribution is -0.672. The summed E-state index contributed by atoms with van der Waals surface area (Å²) < 4.78 is 17.1. The standard InChI is InChI=1S/C23H37NO3/c1-5-22(4)16-23(11-13-27-22,9-8-18(2)3)10-12-24-15-19-6-7-20-21(14-19)26-17-25-20/h6-7,14,18,24H,5,8-13,15-17H2,1-4H3/p+1/t22-,23+/m0/s1. The van der Waals surface area contributed by atoms with Crippen LogP contribution in [-0.4, -0.2) is 25.5 Å². The molecule has 0 bridgehead atoms. The number of benzene rings is 1. The van der Waals surface area contributed by atoms with Gasteiger partial charge in [-0.15, -0.1) is 0 Å². The number of rotatable bonds is 9. The molecule has 0 aliphatic carbocycles. The molecule has 0 amide bonds. The molecule has 1 aromatic rings. The Kier molecular flexibility index (Phi) is 6.69. The Morgan fingerprint density at radius 2 is 1.96 bits per heavy atom. The molecule has 1 fully saturated rings. The number of hydrogen-bond acceptors (Lipinski definition) is 3. The first-order chi connectivity index (χ1) is 12.9. The monoisotopic (exact) mass is 376 g/mol. The summed E-state index contributed by atoms with van der Waals surface area (Å²) in [6.07, 6.45) is 7.47. The van der Waals surface area contributed by atoms with Crippen LogP contribution in [0.2, 0.25) is 0 Å². The molecule has 2 atom stereocenters. The molecule has 0 unspecified atom stereocenters. The van der Waals surface area contributed by atoms with Crippen molar-refractivity contribution in [3.8, 4) is 11.5 Å². The van der Waals surface area contributed by atoms with Crippen LogP contribution in [0.3, 0.4) is 0 Å². The van der Waals surface area contributed by atoms with Crippen molar-refractivity contribution in [2.45, 2.75) is 78.4 Å². The van der Waals surface area contributed by atoms with Crippen molar-refractivity contribution >= 4 is 0 Å². The molecule has 2 N–H and O–H groups in total. The topological polar surface area (TPSA) is 44.3 Å². The molecule has 4 heteroatoms. The summed E-state index contributed by atoms with van der Waals surface area (Å²) in [7, 11) is 0. The van der Waals surface area contributed by atoms with Gasteiger partial charge in [0.15, 0.2) is 11.5 Å². The Bertz CT molecular complexity index is 618. The van der Waals surface area contributed by atoms with Gasteiger partial charge in [0.2, 0.25) is 6.79 Å². The highest BCUT2D eigenvalue weighted by Crippen LogP contribution is 2.46. The number of hydrogen-bond donors (Lipinski definition) is 1. The second-order valence-electron chi connectivity index (χ2n) is 9.23. The number of nitrogens with two attached hydrogens (primary N) is 1. The lowest BCUT2D eigenvalue weighted by Crippen LogP contribution is -2.83. The van der Waals surface area contributed by atoms with E-state index in [0.29, 0.717) is 12.2 Å². The van der Waals surface area contributed by atoms with E-state index >= 15 is 0 Å². The predicted octanol–water partition coefficient (Wildman–Crippen LogP) is 4.27. The van der Waals surface area contributed by atoms with Crippen molar-refractivity contribution in [1.82, 2.24) is 0 Å². The summed E-state index contributed by atoms with van der Waals surface area (Å²) >= 11 is 0. The van der Waals surface area contributed by atoms with E-state index in [1.165, 1.54) is 44.2 Å². The zero-order valence-electron chi connectivity index (χ0n) is 17.7. The molecule has 0 aromatic heterocycles. The fourth-order valence-electron chi connectivity index (χ4n) is 4.57. The summed E-state index contributed by atoms with van der Waals surface area (Å²) in [5.74, 6) is 2.53. The number of fused-ring (bicyclic) bond motifs is 1. The van der Waals surface area contributed by atoms with Gasteiger partial charge in [-0.05, 0) is 62.1 Å². The minimum Gasteiger partial charge on any atom is -0.454 e. The van der Waals surface area contributed by atoms with Crippen LogP contribution in [0.5, 0.6) is 11.5 Å². The maximum Gasteiger partial charge on any atom is 0.231 e. The first kappa shape index (κ1) is 20.5. The fourth-order valence-corrected chi connectivity index (χ4v) is 4.57. The minimum atomic E-state index is 0.0621. The van der Waals surface area contributed by atoms with Crippen LogP contribution in [0.15, 0.2) is 18.2 Å². The van der Waals surface area contributed by atoms with Gasteiger partial charge >= 0.3 is 0 Å². The molecule has 152 valence electrons. The molecule has 2 aliphatic rings. The van der Waals surface area contributed by atoms with Crippen molar-refractivity contribution in [2.24, 2.45) is 11.3 Å². The highest BCUT2D eigenvalue weighted by Gasteiger charge is 2.42. The van der Waals surface area contributed by atoms with Crippen molar-refractivity contribution in [1.29, 1.82) is 0 Å². The molecule has 0 radical (unpaired) electrons.